The minimum atomic E-state index is -3.75. The van der Waals surface area contributed by atoms with Crippen molar-refractivity contribution in [2.24, 2.45) is 11.3 Å². The van der Waals surface area contributed by atoms with E-state index >= 15 is 0 Å². The molecule has 2 saturated heterocycles. The Hall–Kier alpha value is -4.15. The van der Waals surface area contributed by atoms with Gasteiger partial charge in [0, 0.05) is 35.0 Å². The molecule has 4 aromatic carbocycles. The zero-order valence-electron chi connectivity index (χ0n) is 28.5. The number of ether oxygens (including phenoxy) is 3. The van der Waals surface area contributed by atoms with Gasteiger partial charge in [-0.1, -0.05) is 66.2 Å². The van der Waals surface area contributed by atoms with Gasteiger partial charge in [0.1, 0.15) is 17.2 Å². The summed E-state index contributed by atoms with van der Waals surface area (Å²) < 4.78 is 48.2. The number of nitrogens with zero attached hydrogens (tertiary/aromatic N) is 1. The number of hydrogen-bond acceptors (Lipinski definition) is 6. The number of aliphatic carboxylic acids is 1. The molecule has 0 aromatic heterocycles. The normalized spacial score (nSPS) is 21.1. The lowest BCUT2D eigenvalue weighted by molar-refractivity contribution is -0.139. The van der Waals surface area contributed by atoms with Crippen LogP contribution in [0.5, 0.6) is 17.2 Å². The Kier molecular flexibility index (Phi) is 10.4. The first-order chi connectivity index (χ1) is 23.8. The van der Waals surface area contributed by atoms with Gasteiger partial charge in [0.2, 0.25) is 10.0 Å². The summed E-state index contributed by atoms with van der Waals surface area (Å²) in [6.45, 7) is 10.7. The van der Waals surface area contributed by atoms with Crippen LogP contribution in [0, 0.1) is 25.2 Å². The van der Waals surface area contributed by atoms with Crippen molar-refractivity contribution in [3.05, 3.63) is 119 Å². The van der Waals surface area contributed by atoms with Gasteiger partial charge in [-0.3, -0.25) is 0 Å². The van der Waals surface area contributed by atoms with Crippen LogP contribution in [0.3, 0.4) is 0 Å². The van der Waals surface area contributed by atoms with Gasteiger partial charge in [-0.15, -0.1) is 0 Å². The Morgan fingerprint density at radius 3 is 2.34 bits per heavy atom. The fraction of sp³-hybridized carbons (Fsp3) is 0.325. The Labute approximate surface area is 299 Å². The third kappa shape index (κ3) is 7.61. The molecular weight excluding hydrogens is 674 g/mol. The van der Waals surface area contributed by atoms with Crippen LogP contribution in [0.2, 0.25) is 5.02 Å². The minimum absolute atomic E-state index is 0.195. The van der Waals surface area contributed by atoms with Crippen molar-refractivity contribution >= 4 is 27.6 Å². The highest BCUT2D eigenvalue weighted by Crippen LogP contribution is 2.51. The van der Waals surface area contributed by atoms with Crippen LogP contribution < -0.4 is 9.47 Å². The fourth-order valence-electron chi connectivity index (χ4n) is 7.19. The van der Waals surface area contributed by atoms with E-state index in [9.17, 15) is 18.3 Å². The van der Waals surface area contributed by atoms with Crippen LogP contribution in [0.15, 0.2) is 102 Å². The summed E-state index contributed by atoms with van der Waals surface area (Å²) in [6.07, 6.45) is 1.64. The maximum atomic E-state index is 14.0. The highest BCUT2D eigenvalue weighted by molar-refractivity contribution is 7.89. The average molecular weight is 716 g/mol. The number of hydrogen-bond donors (Lipinski definition) is 1. The van der Waals surface area contributed by atoms with Crippen molar-refractivity contribution < 1.29 is 32.5 Å². The molecule has 2 fully saturated rings. The van der Waals surface area contributed by atoms with Crippen LogP contribution in [0.1, 0.15) is 49.0 Å². The Bertz CT molecular complexity index is 1980. The maximum absolute atomic E-state index is 14.0. The van der Waals surface area contributed by atoms with E-state index in [-0.39, 0.29) is 10.8 Å². The number of benzene rings is 4. The predicted octanol–water partition coefficient (Wildman–Crippen LogP) is 9.00. The second-order valence-corrected chi connectivity index (χ2v) is 15.9. The number of halogens is 1. The third-order valence-corrected chi connectivity index (χ3v) is 12.2. The van der Waals surface area contributed by atoms with Gasteiger partial charge < -0.3 is 19.3 Å². The summed E-state index contributed by atoms with van der Waals surface area (Å²) in [5.74, 6) is 0.233. The summed E-state index contributed by atoms with van der Waals surface area (Å²) in [7, 11) is -3.75. The smallest absolute Gasteiger partial charge is 0.341 e. The number of carboxylic acids is 1. The number of rotatable bonds is 10. The van der Waals surface area contributed by atoms with E-state index in [1.165, 1.54) is 0 Å². The first kappa shape index (κ1) is 35.7. The van der Waals surface area contributed by atoms with Gasteiger partial charge >= 0.3 is 5.97 Å². The van der Waals surface area contributed by atoms with Crippen molar-refractivity contribution in [1.82, 2.24) is 4.31 Å². The molecule has 1 N–H and O–H groups in total. The third-order valence-electron chi connectivity index (χ3n) is 9.73. The Morgan fingerprint density at radius 1 is 1.00 bits per heavy atom. The molecule has 2 heterocycles. The van der Waals surface area contributed by atoms with Crippen LogP contribution in [-0.4, -0.2) is 50.1 Å². The first-order valence-corrected chi connectivity index (χ1v) is 18.5. The van der Waals surface area contributed by atoms with Gasteiger partial charge in [-0.05, 0) is 105 Å². The summed E-state index contributed by atoms with van der Waals surface area (Å²) >= 11 is 6.38. The fourth-order valence-corrected chi connectivity index (χ4v) is 8.89. The molecule has 6 rings (SSSR count). The second-order valence-electron chi connectivity index (χ2n) is 13.6. The molecule has 0 saturated carbocycles. The molecule has 0 aliphatic carbocycles. The SMILES string of the molecule is C=C(C)[C@H]1C[C@]2(CCCN(S(=O)(=O)c3ccc(-c4ccccc4)cc3)C2)CO[C@@H]1c1cc(Oc2cc(C)c(Cl)c(C)c2)ccc1OCC(=O)O. The van der Waals surface area contributed by atoms with Gasteiger partial charge in [-0.25, -0.2) is 13.2 Å². The predicted molar refractivity (Wildman–Crippen MR) is 194 cm³/mol. The Morgan fingerprint density at radius 2 is 1.68 bits per heavy atom. The van der Waals surface area contributed by atoms with E-state index in [0.29, 0.717) is 60.4 Å². The van der Waals surface area contributed by atoms with Crippen LogP contribution in [-0.2, 0) is 19.6 Å². The van der Waals surface area contributed by atoms with Gasteiger partial charge in [-0.2, -0.15) is 4.31 Å². The number of carbonyl (C=O) groups is 1. The van der Waals surface area contributed by atoms with Crippen molar-refractivity contribution in [2.45, 2.75) is 51.0 Å². The molecule has 2 aliphatic rings. The number of aryl methyl sites for hydroxylation is 2. The van der Waals surface area contributed by atoms with Crippen molar-refractivity contribution in [3.8, 4) is 28.4 Å². The van der Waals surface area contributed by atoms with E-state index in [1.807, 2.05) is 81.4 Å². The summed E-state index contributed by atoms with van der Waals surface area (Å²) in [4.78, 5) is 11.7. The first-order valence-electron chi connectivity index (χ1n) is 16.7. The summed E-state index contributed by atoms with van der Waals surface area (Å²) in [6, 6.07) is 25.9. The van der Waals surface area contributed by atoms with Gasteiger partial charge in [0.15, 0.2) is 6.61 Å². The Balaban J connectivity index is 1.25. The van der Waals surface area contributed by atoms with Gasteiger partial charge in [0.25, 0.3) is 0 Å². The van der Waals surface area contributed by atoms with Crippen molar-refractivity contribution in [2.75, 3.05) is 26.3 Å². The lowest BCUT2D eigenvalue weighted by atomic mass is 9.69. The monoisotopic (exact) mass is 715 g/mol. The highest BCUT2D eigenvalue weighted by atomic mass is 35.5. The maximum Gasteiger partial charge on any atom is 0.341 e. The average Bonchev–Trinajstić information content (AvgIpc) is 3.10. The molecule has 10 heteroatoms. The number of sulfonamides is 1. The lowest BCUT2D eigenvalue weighted by Crippen LogP contribution is -2.51. The molecule has 0 bridgehead atoms. The van der Waals surface area contributed by atoms with E-state index in [0.717, 1.165) is 34.2 Å². The molecule has 2 aliphatic heterocycles. The zero-order chi connectivity index (χ0) is 35.6. The van der Waals surface area contributed by atoms with Crippen molar-refractivity contribution in [3.63, 3.8) is 0 Å². The number of piperidine rings is 1. The number of carboxylic acid groups (broad SMARTS) is 1. The topological polar surface area (TPSA) is 102 Å². The molecule has 0 radical (unpaired) electrons. The summed E-state index contributed by atoms with van der Waals surface area (Å²) in [5, 5.41) is 10.1. The van der Waals surface area contributed by atoms with Crippen LogP contribution in [0.4, 0.5) is 0 Å². The molecule has 1 spiro atoms. The molecule has 0 amide bonds. The molecule has 50 heavy (non-hydrogen) atoms. The largest absolute Gasteiger partial charge is 0.482 e. The van der Waals surface area contributed by atoms with Crippen molar-refractivity contribution in [1.29, 1.82) is 0 Å². The molecule has 3 atom stereocenters. The second kappa shape index (κ2) is 14.6. The van der Waals surface area contributed by atoms with Crippen LogP contribution in [0.25, 0.3) is 11.1 Å². The van der Waals surface area contributed by atoms with E-state index in [2.05, 4.69) is 6.58 Å². The quantitative estimate of drug-likeness (QED) is 0.164. The van der Waals surface area contributed by atoms with E-state index in [1.54, 1.807) is 28.6 Å². The highest BCUT2D eigenvalue weighted by Gasteiger charge is 2.47. The van der Waals surface area contributed by atoms with E-state index in [4.69, 9.17) is 25.8 Å². The van der Waals surface area contributed by atoms with Crippen LogP contribution >= 0.6 is 11.6 Å². The summed E-state index contributed by atoms with van der Waals surface area (Å²) in [5.41, 5.74) is 4.85. The molecule has 4 aromatic rings. The standard InChI is InChI=1S/C40H42ClNO7S/c1-26(2)35-22-40(17-8-18-42(24-40)50(45,46)33-14-11-30(12-15-33)29-9-6-5-7-10-29)25-48-39(35)34-21-31(13-16-36(34)47-23-37(43)44)49-32-19-27(3)38(41)28(4)20-32/h5-7,9-16,19-21,35,39H,1,8,17-18,22-25H2,2-4H3,(H,43,44)/t35-,39-,40+/m1/s1. The minimum Gasteiger partial charge on any atom is -0.482 e. The van der Waals surface area contributed by atoms with Gasteiger partial charge in [0.05, 0.1) is 17.6 Å². The lowest BCUT2D eigenvalue weighted by Gasteiger charge is -2.49. The molecule has 8 nitrogen and oxygen atoms in total. The van der Waals surface area contributed by atoms with E-state index < -0.39 is 34.1 Å². The molecule has 0 unspecified atom stereocenters. The molecular formula is C40H42ClNO7S. The zero-order valence-corrected chi connectivity index (χ0v) is 30.1. The molecule has 262 valence electrons.